The van der Waals surface area contributed by atoms with E-state index in [9.17, 15) is 4.79 Å². The van der Waals surface area contributed by atoms with E-state index < -0.39 is 0 Å². The molecule has 3 heterocycles. The van der Waals surface area contributed by atoms with Crippen LogP contribution in [0.3, 0.4) is 0 Å². The molecule has 2 fully saturated rings. The minimum atomic E-state index is -0.196. The van der Waals surface area contributed by atoms with Gasteiger partial charge >= 0.3 is 6.03 Å². The van der Waals surface area contributed by atoms with Crippen LogP contribution in [0.4, 0.5) is 4.79 Å². The summed E-state index contributed by atoms with van der Waals surface area (Å²) in [6, 6.07) is -0.00188. The van der Waals surface area contributed by atoms with Crippen LogP contribution in [0, 0.1) is 0 Å². The van der Waals surface area contributed by atoms with E-state index in [-0.39, 0.29) is 12.1 Å². The van der Waals surface area contributed by atoms with E-state index >= 15 is 0 Å². The molecule has 2 aliphatic rings. The van der Waals surface area contributed by atoms with E-state index in [1.807, 2.05) is 28.3 Å². The standard InChI is InChI=1S/C13H21N5O2S/c1-17-9-15-16-12(17)11-8-18(4-5-20-11)13(19)14-7-10-3-2-6-21-10/h9-11H,2-8H2,1H3,(H,14,19)/t10-,11+/m0/s1. The molecule has 1 N–H and O–H groups in total. The summed E-state index contributed by atoms with van der Waals surface area (Å²) in [6.07, 6.45) is 3.92. The van der Waals surface area contributed by atoms with Gasteiger partial charge < -0.3 is 19.5 Å². The first-order valence-electron chi connectivity index (χ1n) is 7.34. The lowest BCUT2D eigenvalue weighted by Crippen LogP contribution is -2.48. The van der Waals surface area contributed by atoms with Crippen molar-refractivity contribution in [2.75, 3.05) is 32.0 Å². The first-order chi connectivity index (χ1) is 10.2. The monoisotopic (exact) mass is 311 g/mol. The summed E-state index contributed by atoms with van der Waals surface area (Å²) in [7, 11) is 1.88. The number of ether oxygens (including phenoxy) is 1. The minimum absolute atomic E-state index is 0.00188. The number of morpholine rings is 1. The molecular formula is C13H21N5O2S. The third-order valence-corrected chi connectivity index (χ3v) is 5.29. The van der Waals surface area contributed by atoms with Crippen LogP contribution in [0.25, 0.3) is 0 Å². The molecule has 0 aliphatic carbocycles. The second kappa shape index (κ2) is 6.65. The van der Waals surface area contributed by atoms with Crippen molar-refractivity contribution in [1.29, 1.82) is 0 Å². The highest BCUT2D eigenvalue weighted by Gasteiger charge is 2.28. The van der Waals surface area contributed by atoms with Gasteiger partial charge in [0.2, 0.25) is 0 Å². The largest absolute Gasteiger partial charge is 0.366 e. The number of carbonyl (C=O) groups is 1. The quantitative estimate of drug-likeness (QED) is 0.894. The fourth-order valence-corrected chi connectivity index (χ4v) is 3.89. The maximum absolute atomic E-state index is 12.3. The van der Waals surface area contributed by atoms with Crippen molar-refractivity contribution in [2.24, 2.45) is 7.05 Å². The Morgan fingerprint density at radius 2 is 2.52 bits per heavy atom. The molecule has 1 aromatic rings. The molecule has 0 unspecified atom stereocenters. The molecule has 0 aromatic carbocycles. The topological polar surface area (TPSA) is 72.3 Å². The van der Waals surface area contributed by atoms with Crippen molar-refractivity contribution in [1.82, 2.24) is 25.0 Å². The molecule has 2 amide bonds. The molecule has 116 valence electrons. The van der Waals surface area contributed by atoms with Gasteiger partial charge in [-0.05, 0) is 18.6 Å². The lowest BCUT2D eigenvalue weighted by Gasteiger charge is -2.32. The first-order valence-corrected chi connectivity index (χ1v) is 8.39. The van der Waals surface area contributed by atoms with Gasteiger partial charge in [-0.2, -0.15) is 11.8 Å². The van der Waals surface area contributed by atoms with Gasteiger partial charge in [-0.15, -0.1) is 10.2 Å². The number of nitrogens with one attached hydrogen (secondary N) is 1. The van der Waals surface area contributed by atoms with E-state index in [1.54, 1.807) is 6.33 Å². The van der Waals surface area contributed by atoms with Gasteiger partial charge in [-0.25, -0.2) is 4.79 Å². The molecule has 2 saturated heterocycles. The molecule has 0 saturated carbocycles. The summed E-state index contributed by atoms with van der Waals surface area (Å²) in [5.74, 6) is 1.98. The zero-order valence-corrected chi connectivity index (χ0v) is 13.0. The highest BCUT2D eigenvalue weighted by molar-refractivity contribution is 8.00. The van der Waals surface area contributed by atoms with E-state index in [4.69, 9.17) is 4.74 Å². The van der Waals surface area contributed by atoms with Gasteiger partial charge in [0, 0.05) is 25.4 Å². The smallest absolute Gasteiger partial charge is 0.317 e. The minimum Gasteiger partial charge on any atom is -0.366 e. The molecule has 2 aliphatic heterocycles. The molecule has 0 bridgehead atoms. The molecule has 21 heavy (non-hydrogen) atoms. The number of rotatable bonds is 3. The number of urea groups is 1. The maximum atomic E-state index is 12.3. The van der Waals surface area contributed by atoms with Gasteiger partial charge in [0.25, 0.3) is 0 Å². The van der Waals surface area contributed by atoms with Crippen LogP contribution in [0.2, 0.25) is 0 Å². The van der Waals surface area contributed by atoms with Gasteiger partial charge in [-0.1, -0.05) is 0 Å². The molecular weight excluding hydrogens is 290 g/mol. The normalized spacial score (nSPS) is 26.0. The predicted molar refractivity (Wildman–Crippen MR) is 80.1 cm³/mol. The van der Waals surface area contributed by atoms with Crippen molar-refractivity contribution in [3.05, 3.63) is 12.2 Å². The van der Waals surface area contributed by atoms with Crippen LogP contribution < -0.4 is 5.32 Å². The summed E-state index contributed by atoms with van der Waals surface area (Å²) in [6.45, 7) is 2.44. The van der Waals surface area contributed by atoms with E-state index in [0.717, 1.165) is 12.4 Å². The van der Waals surface area contributed by atoms with Gasteiger partial charge in [0.1, 0.15) is 12.4 Å². The van der Waals surface area contributed by atoms with Crippen LogP contribution in [-0.4, -0.2) is 62.9 Å². The number of amides is 2. The molecule has 0 radical (unpaired) electrons. The van der Waals surface area contributed by atoms with Crippen molar-refractivity contribution in [2.45, 2.75) is 24.2 Å². The predicted octanol–water partition coefficient (Wildman–Crippen LogP) is 0.794. The van der Waals surface area contributed by atoms with Crippen LogP contribution in [0.1, 0.15) is 24.8 Å². The second-order valence-electron chi connectivity index (χ2n) is 5.43. The molecule has 0 spiro atoms. The Bertz CT molecular complexity index is 489. The zero-order valence-electron chi connectivity index (χ0n) is 12.2. The van der Waals surface area contributed by atoms with Crippen molar-refractivity contribution in [3.63, 3.8) is 0 Å². The summed E-state index contributed by atoms with van der Waals surface area (Å²) in [4.78, 5) is 14.1. The fraction of sp³-hybridized carbons (Fsp3) is 0.769. The highest BCUT2D eigenvalue weighted by Crippen LogP contribution is 2.25. The Morgan fingerprint density at radius 3 is 3.24 bits per heavy atom. The molecule has 1 aromatic heterocycles. The molecule has 8 heteroatoms. The van der Waals surface area contributed by atoms with Gasteiger partial charge in [0.05, 0.1) is 13.2 Å². The number of aryl methyl sites for hydroxylation is 1. The van der Waals surface area contributed by atoms with Crippen molar-refractivity contribution in [3.8, 4) is 0 Å². The van der Waals surface area contributed by atoms with E-state index in [1.165, 1.54) is 18.6 Å². The Labute approximate surface area is 128 Å². The zero-order chi connectivity index (χ0) is 14.7. The Balaban J connectivity index is 1.53. The lowest BCUT2D eigenvalue weighted by atomic mass is 10.2. The lowest BCUT2D eigenvalue weighted by molar-refractivity contribution is -0.0214. The number of nitrogens with zero attached hydrogens (tertiary/aromatic N) is 4. The average Bonchev–Trinajstić information content (AvgIpc) is 3.16. The SMILES string of the molecule is Cn1cnnc1[C@H]1CN(C(=O)NC[C@@H]2CCCS2)CCO1. The number of aromatic nitrogens is 3. The molecule has 2 atom stereocenters. The summed E-state index contributed by atoms with van der Waals surface area (Å²) >= 11 is 1.95. The third kappa shape index (κ3) is 3.49. The first kappa shape index (κ1) is 14.6. The highest BCUT2D eigenvalue weighted by atomic mass is 32.2. The Hall–Kier alpha value is -1.28. The second-order valence-corrected chi connectivity index (χ2v) is 6.83. The number of carbonyl (C=O) groups excluding carboxylic acids is 1. The summed E-state index contributed by atoms with van der Waals surface area (Å²) in [5, 5.41) is 11.6. The molecule has 7 nitrogen and oxygen atoms in total. The van der Waals surface area contributed by atoms with Gasteiger partial charge in [0.15, 0.2) is 5.82 Å². The summed E-state index contributed by atoms with van der Waals surface area (Å²) < 4.78 is 7.55. The Kier molecular flexibility index (Phi) is 4.64. The third-order valence-electron chi connectivity index (χ3n) is 3.89. The van der Waals surface area contributed by atoms with Crippen LogP contribution in [-0.2, 0) is 11.8 Å². The number of thioether (sulfide) groups is 1. The average molecular weight is 311 g/mol. The van der Waals surface area contributed by atoms with Crippen molar-refractivity contribution >= 4 is 17.8 Å². The van der Waals surface area contributed by atoms with Crippen LogP contribution >= 0.6 is 11.8 Å². The van der Waals surface area contributed by atoms with E-state index in [2.05, 4.69) is 15.5 Å². The maximum Gasteiger partial charge on any atom is 0.317 e. The summed E-state index contributed by atoms with van der Waals surface area (Å²) in [5.41, 5.74) is 0. The number of hydrogen-bond donors (Lipinski definition) is 1. The van der Waals surface area contributed by atoms with Crippen LogP contribution in [0.15, 0.2) is 6.33 Å². The van der Waals surface area contributed by atoms with Crippen molar-refractivity contribution < 1.29 is 9.53 Å². The molecule has 3 rings (SSSR count). The Morgan fingerprint density at radius 1 is 1.62 bits per heavy atom. The fourth-order valence-electron chi connectivity index (χ4n) is 2.69. The van der Waals surface area contributed by atoms with Crippen LogP contribution in [0.5, 0.6) is 0 Å². The van der Waals surface area contributed by atoms with Gasteiger partial charge in [-0.3, -0.25) is 0 Å². The number of hydrogen-bond acceptors (Lipinski definition) is 5. The van der Waals surface area contributed by atoms with E-state index in [0.29, 0.717) is 24.9 Å².